The first-order valence-corrected chi connectivity index (χ1v) is 7.00. The predicted molar refractivity (Wildman–Crippen MR) is 77.9 cm³/mol. The monoisotopic (exact) mass is 330 g/mol. The van der Waals surface area contributed by atoms with E-state index in [9.17, 15) is 0 Å². The van der Waals surface area contributed by atoms with Crippen molar-refractivity contribution in [3.05, 3.63) is 27.8 Å². The molecule has 0 aromatic heterocycles. The molecule has 1 saturated heterocycles. The Bertz CT molecular complexity index is 315. The molecule has 1 aliphatic rings. The second-order valence-electron chi connectivity index (χ2n) is 4.63. The highest BCUT2D eigenvalue weighted by atomic mass is 127. The Balaban J connectivity index is 1.77. The van der Waals surface area contributed by atoms with Gasteiger partial charge in [0.25, 0.3) is 0 Å². The summed E-state index contributed by atoms with van der Waals surface area (Å²) in [6.45, 7) is 3.62. The molecule has 2 nitrogen and oxygen atoms in total. The normalized spacial score (nSPS) is 18.6. The van der Waals surface area contributed by atoms with Crippen molar-refractivity contribution in [1.82, 2.24) is 4.90 Å². The Kier molecular flexibility index (Phi) is 4.46. The number of nitrogens with one attached hydrogen (secondary N) is 1. The lowest BCUT2D eigenvalue weighted by molar-refractivity contribution is 0.226. The van der Waals surface area contributed by atoms with Crippen molar-refractivity contribution >= 4 is 28.3 Å². The van der Waals surface area contributed by atoms with Gasteiger partial charge in [0.1, 0.15) is 0 Å². The lowest BCUT2D eigenvalue weighted by Crippen LogP contribution is -2.32. The molecule has 0 unspecified atom stereocenters. The van der Waals surface area contributed by atoms with Gasteiger partial charge in [0, 0.05) is 15.8 Å². The molecule has 0 amide bonds. The summed E-state index contributed by atoms with van der Waals surface area (Å²) in [5, 5.41) is 3.53. The van der Waals surface area contributed by atoms with E-state index >= 15 is 0 Å². The molecule has 0 aliphatic carbocycles. The third kappa shape index (κ3) is 3.63. The van der Waals surface area contributed by atoms with E-state index in [-0.39, 0.29) is 0 Å². The summed E-state index contributed by atoms with van der Waals surface area (Å²) in [5.74, 6) is 0.843. The molecule has 0 spiro atoms. The largest absolute Gasteiger partial charge is 0.385 e. The summed E-state index contributed by atoms with van der Waals surface area (Å²) in [5.41, 5.74) is 1.25. The maximum absolute atomic E-state index is 3.53. The molecule has 3 heteroatoms. The van der Waals surface area contributed by atoms with Crippen molar-refractivity contribution < 1.29 is 0 Å². The first-order chi connectivity index (χ1) is 7.74. The molecule has 1 N–H and O–H groups in total. The molecular weight excluding hydrogens is 311 g/mol. The van der Waals surface area contributed by atoms with Crippen molar-refractivity contribution in [2.45, 2.75) is 12.8 Å². The van der Waals surface area contributed by atoms with E-state index in [2.05, 4.69) is 64.1 Å². The first kappa shape index (κ1) is 12.2. The van der Waals surface area contributed by atoms with Crippen LogP contribution in [0.4, 0.5) is 5.69 Å². The SMILES string of the molecule is CN1CCC(CNc2ccc(I)cc2)CC1. The molecule has 0 bridgehead atoms. The fourth-order valence-electron chi connectivity index (χ4n) is 2.10. The van der Waals surface area contributed by atoms with Gasteiger partial charge in [-0.05, 0) is 85.8 Å². The number of hydrogen-bond acceptors (Lipinski definition) is 2. The van der Waals surface area contributed by atoms with Crippen molar-refractivity contribution in [1.29, 1.82) is 0 Å². The van der Waals surface area contributed by atoms with E-state index in [4.69, 9.17) is 0 Å². The van der Waals surface area contributed by atoms with E-state index < -0.39 is 0 Å². The third-order valence-electron chi connectivity index (χ3n) is 3.28. The maximum Gasteiger partial charge on any atom is 0.0340 e. The van der Waals surface area contributed by atoms with Crippen LogP contribution >= 0.6 is 22.6 Å². The minimum atomic E-state index is 0.843. The summed E-state index contributed by atoms with van der Waals surface area (Å²) < 4.78 is 1.29. The van der Waals surface area contributed by atoms with Gasteiger partial charge >= 0.3 is 0 Å². The zero-order valence-corrected chi connectivity index (χ0v) is 11.9. The van der Waals surface area contributed by atoms with Crippen LogP contribution in [0.15, 0.2) is 24.3 Å². The highest BCUT2D eigenvalue weighted by Gasteiger charge is 2.15. The number of hydrogen-bond donors (Lipinski definition) is 1. The molecule has 0 atom stereocenters. The Labute approximate surface area is 112 Å². The van der Waals surface area contributed by atoms with Crippen molar-refractivity contribution in [2.75, 3.05) is 32.0 Å². The van der Waals surface area contributed by atoms with Crippen LogP contribution in [-0.4, -0.2) is 31.6 Å². The molecule has 0 radical (unpaired) electrons. The lowest BCUT2D eigenvalue weighted by Gasteiger charge is -2.29. The molecule has 16 heavy (non-hydrogen) atoms. The summed E-state index contributed by atoms with van der Waals surface area (Å²) in [4.78, 5) is 2.42. The van der Waals surface area contributed by atoms with Gasteiger partial charge in [0.05, 0.1) is 0 Å². The fourth-order valence-corrected chi connectivity index (χ4v) is 2.46. The fraction of sp³-hybridized carbons (Fsp3) is 0.538. The van der Waals surface area contributed by atoms with Crippen molar-refractivity contribution in [3.63, 3.8) is 0 Å². The number of rotatable bonds is 3. The van der Waals surface area contributed by atoms with Gasteiger partial charge in [-0.15, -0.1) is 0 Å². The Morgan fingerprint density at radius 2 is 1.88 bits per heavy atom. The molecule has 88 valence electrons. The van der Waals surface area contributed by atoms with Crippen LogP contribution < -0.4 is 5.32 Å². The zero-order chi connectivity index (χ0) is 11.4. The average molecular weight is 330 g/mol. The van der Waals surface area contributed by atoms with Crippen LogP contribution in [0, 0.1) is 9.49 Å². The van der Waals surface area contributed by atoms with Crippen LogP contribution in [0.25, 0.3) is 0 Å². The molecule has 1 aliphatic heterocycles. The third-order valence-corrected chi connectivity index (χ3v) is 4.00. The smallest absolute Gasteiger partial charge is 0.0340 e. The van der Waals surface area contributed by atoms with Crippen molar-refractivity contribution in [3.8, 4) is 0 Å². The highest BCUT2D eigenvalue weighted by molar-refractivity contribution is 14.1. The van der Waals surface area contributed by atoms with Crippen LogP contribution in [-0.2, 0) is 0 Å². The highest BCUT2D eigenvalue weighted by Crippen LogP contribution is 2.17. The molecule has 0 saturated carbocycles. The number of piperidine rings is 1. The van der Waals surface area contributed by atoms with E-state index in [1.165, 1.54) is 35.2 Å². The lowest BCUT2D eigenvalue weighted by atomic mass is 9.97. The van der Waals surface area contributed by atoms with E-state index in [0.29, 0.717) is 0 Å². The summed E-state index contributed by atoms with van der Waals surface area (Å²) in [6.07, 6.45) is 2.65. The quantitative estimate of drug-likeness (QED) is 0.857. The summed E-state index contributed by atoms with van der Waals surface area (Å²) in [7, 11) is 2.21. The van der Waals surface area contributed by atoms with Gasteiger partial charge in [-0.3, -0.25) is 0 Å². The second kappa shape index (κ2) is 5.87. The Morgan fingerprint density at radius 3 is 2.50 bits per heavy atom. The van der Waals surface area contributed by atoms with E-state index in [1.54, 1.807) is 0 Å². The predicted octanol–water partition coefficient (Wildman–Crippen LogP) is 3.04. The molecule has 1 fully saturated rings. The van der Waals surface area contributed by atoms with Crippen LogP contribution in [0.2, 0.25) is 0 Å². The molecule has 1 heterocycles. The van der Waals surface area contributed by atoms with Gasteiger partial charge in [-0.25, -0.2) is 0 Å². The number of likely N-dealkylation sites (tertiary alicyclic amines) is 1. The van der Waals surface area contributed by atoms with Gasteiger partial charge in [0.15, 0.2) is 0 Å². The van der Waals surface area contributed by atoms with E-state index in [1.807, 2.05) is 0 Å². The average Bonchev–Trinajstić information content (AvgIpc) is 2.30. The molecule has 2 rings (SSSR count). The maximum atomic E-state index is 3.53. The molecule has 1 aromatic carbocycles. The second-order valence-corrected chi connectivity index (χ2v) is 5.88. The number of benzene rings is 1. The number of halogens is 1. The van der Waals surface area contributed by atoms with Gasteiger partial charge < -0.3 is 10.2 Å². The van der Waals surface area contributed by atoms with Crippen molar-refractivity contribution in [2.24, 2.45) is 5.92 Å². The van der Waals surface area contributed by atoms with Gasteiger partial charge in [0.2, 0.25) is 0 Å². The van der Waals surface area contributed by atoms with E-state index in [0.717, 1.165) is 12.5 Å². The summed E-state index contributed by atoms with van der Waals surface area (Å²) >= 11 is 2.34. The van der Waals surface area contributed by atoms with Gasteiger partial charge in [-0.2, -0.15) is 0 Å². The zero-order valence-electron chi connectivity index (χ0n) is 9.75. The molecular formula is C13H19IN2. The number of nitrogens with zero attached hydrogens (tertiary/aromatic N) is 1. The standard InChI is InChI=1S/C13H19IN2/c1-16-8-6-11(7-9-16)10-15-13-4-2-12(14)3-5-13/h2-5,11,15H,6-10H2,1H3. The molecule has 1 aromatic rings. The minimum Gasteiger partial charge on any atom is -0.385 e. The van der Waals surface area contributed by atoms with Crippen LogP contribution in [0.1, 0.15) is 12.8 Å². The van der Waals surface area contributed by atoms with Crippen LogP contribution in [0.3, 0.4) is 0 Å². The number of anilines is 1. The Morgan fingerprint density at radius 1 is 1.25 bits per heavy atom. The van der Waals surface area contributed by atoms with Crippen LogP contribution in [0.5, 0.6) is 0 Å². The first-order valence-electron chi connectivity index (χ1n) is 5.92. The topological polar surface area (TPSA) is 15.3 Å². The van der Waals surface area contributed by atoms with Gasteiger partial charge in [-0.1, -0.05) is 0 Å². The minimum absolute atomic E-state index is 0.843. The summed E-state index contributed by atoms with van der Waals surface area (Å²) in [6, 6.07) is 8.63. The Hall–Kier alpha value is -0.290.